The summed E-state index contributed by atoms with van der Waals surface area (Å²) in [7, 11) is -1.58. The van der Waals surface area contributed by atoms with Crippen LogP contribution in [0.5, 0.6) is 0 Å². The number of amides is 1. The number of nitrogens with one attached hydrogen (secondary N) is 1. The van der Waals surface area contributed by atoms with Crippen LogP contribution in [0.15, 0.2) is 23.1 Å². The Labute approximate surface area is 169 Å². The number of nitrogens with zero attached hydrogens (tertiary/aromatic N) is 2. The van der Waals surface area contributed by atoms with E-state index in [1.807, 2.05) is 14.0 Å². The summed E-state index contributed by atoms with van der Waals surface area (Å²) in [5.74, 6) is -0.154. The molecule has 1 saturated carbocycles. The Hall–Kier alpha value is -1.44. The zero-order valence-electron chi connectivity index (χ0n) is 17.1. The van der Waals surface area contributed by atoms with E-state index in [9.17, 15) is 13.2 Å². The molecular formula is C21H33N3O3S. The average molecular weight is 408 g/mol. The van der Waals surface area contributed by atoms with Gasteiger partial charge in [0.05, 0.1) is 4.90 Å². The molecular weight excluding hydrogens is 374 g/mol. The fraction of sp³-hybridized carbons (Fsp3) is 0.667. The predicted octanol–water partition coefficient (Wildman–Crippen LogP) is 2.77. The first-order chi connectivity index (χ1) is 13.4. The lowest BCUT2D eigenvalue weighted by Gasteiger charge is -2.31. The van der Waals surface area contributed by atoms with Crippen LogP contribution < -0.4 is 5.32 Å². The van der Waals surface area contributed by atoms with Gasteiger partial charge in [-0.2, -0.15) is 4.31 Å². The van der Waals surface area contributed by atoms with Crippen molar-refractivity contribution >= 4 is 15.9 Å². The maximum Gasteiger partial charge on any atom is 0.251 e. The van der Waals surface area contributed by atoms with Gasteiger partial charge < -0.3 is 10.2 Å². The molecule has 1 aromatic rings. The Morgan fingerprint density at radius 1 is 1.00 bits per heavy atom. The van der Waals surface area contributed by atoms with Gasteiger partial charge in [-0.25, -0.2) is 8.42 Å². The molecule has 7 heteroatoms. The lowest BCUT2D eigenvalue weighted by atomic mass is 9.96. The second-order valence-electron chi connectivity index (χ2n) is 8.20. The number of carbonyl (C=O) groups is 1. The minimum absolute atomic E-state index is 0.154. The molecule has 156 valence electrons. The molecule has 0 unspecified atom stereocenters. The fourth-order valence-corrected chi connectivity index (χ4v) is 5.50. The first-order valence-corrected chi connectivity index (χ1v) is 11.9. The van der Waals surface area contributed by atoms with Crippen LogP contribution in [0.3, 0.4) is 0 Å². The van der Waals surface area contributed by atoms with Gasteiger partial charge in [0, 0.05) is 37.8 Å². The second kappa shape index (κ2) is 9.37. The Kier molecular flexibility index (Phi) is 7.12. The van der Waals surface area contributed by atoms with E-state index in [0.29, 0.717) is 18.7 Å². The minimum atomic E-state index is -3.58. The van der Waals surface area contributed by atoms with Gasteiger partial charge >= 0.3 is 0 Å². The summed E-state index contributed by atoms with van der Waals surface area (Å²) in [5.41, 5.74) is 1.28. The van der Waals surface area contributed by atoms with Gasteiger partial charge in [-0.3, -0.25) is 4.79 Å². The Balaban J connectivity index is 1.75. The van der Waals surface area contributed by atoms with Crippen LogP contribution in [-0.4, -0.2) is 62.8 Å². The van der Waals surface area contributed by atoms with Crippen molar-refractivity contribution in [3.8, 4) is 0 Å². The number of likely N-dealkylation sites (N-methyl/N-ethyl adjacent to an activating group) is 1. The quantitative estimate of drug-likeness (QED) is 0.833. The Bertz CT molecular complexity index is 778. The molecule has 3 rings (SSSR count). The number of carbonyl (C=O) groups excluding carboxylic acids is 1. The van der Waals surface area contributed by atoms with Crippen LogP contribution in [-0.2, 0) is 10.0 Å². The van der Waals surface area contributed by atoms with Crippen LogP contribution in [0.1, 0.15) is 60.9 Å². The van der Waals surface area contributed by atoms with Crippen molar-refractivity contribution in [3.05, 3.63) is 29.3 Å². The minimum Gasteiger partial charge on any atom is -0.349 e. The van der Waals surface area contributed by atoms with E-state index in [1.54, 1.807) is 18.2 Å². The average Bonchev–Trinajstić information content (AvgIpc) is 2.64. The summed E-state index contributed by atoms with van der Waals surface area (Å²) in [4.78, 5) is 15.2. The number of sulfonamides is 1. The van der Waals surface area contributed by atoms with Crippen molar-refractivity contribution in [1.29, 1.82) is 0 Å². The van der Waals surface area contributed by atoms with Crippen LogP contribution in [0.4, 0.5) is 0 Å². The summed E-state index contributed by atoms with van der Waals surface area (Å²) in [5, 5.41) is 3.15. The molecule has 0 bridgehead atoms. The molecule has 1 aliphatic heterocycles. The molecule has 2 fully saturated rings. The topological polar surface area (TPSA) is 69.7 Å². The van der Waals surface area contributed by atoms with Crippen molar-refractivity contribution in [2.45, 2.75) is 62.8 Å². The second-order valence-corrected chi connectivity index (χ2v) is 10.1. The number of hydrogen-bond donors (Lipinski definition) is 1. The van der Waals surface area contributed by atoms with Gasteiger partial charge in [0.15, 0.2) is 0 Å². The highest BCUT2D eigenvalue weighted by molar-refractivity contribution is 7.89. The van der Waals surface area contributed by atoms with Crippen molar-refractivity contribution < 1.29 is 13.2 Å². The van der Waals surface area contributed by atoms with Crippen molar-refractivity contribution in [1.82, 2.24) is 14.5 Å². The number of piperazine rings is 1. The van der Waals surface area contributed by atoms with E-state index in [0.717, 1.165) is 44.3 Å². The number of aryl methyl sites for hydroxylation is 1. The van der Waals surface area contributed by atoms with Gasteiger partial charge in [0.1, 0.15) is 0 Å². The molecule has 0 atom stereocenters. The van der Waals surface area contributed by atoms with E-state index in [4.69, 9.17) is 0 Å². The third-order valence-electron chi connectivity index (χ3n) is 5.99. The van der Waals surface area contributed by atoms with Gasteiger partial charge in [0.2, 0.25) is 10.0 Å². The zero-order valence-corrected chi connectivity index (χ0v) is 17.9. The zero-order chi connectivity index (χ0) is 20.1. The van der Waals surface area contributed by atoms with Crippen LogP contribution >= 0.6 is 0 Å². The van der Waals surface area contributed by atoms with Crippen LogP contribution in [0.25, 0.3) is 0 Å². The molecule has 1 aromatic carbocycles. The third-order valence-corrected chi connectivity index (χ3v) is 7.89. The van der Waals surface area contributed by atoms with Gasteiger partial charge in [-0.1, -0.05) is 38.2 Å². The monoisotopic (exact) mass is 407 g/mol. The lowest BCUT2D eigenvalue weighted by Crippen LogP contribution is -2.47. The highest BCUT2D eigenvalue weighted by Crippen LogP contribution is 2.22. The summed E-state index contributed by atoms with van der Waals surface area (Å²) in [6.07, 6.45) is 8.03. The van der Waals surface area contributed by atoms with Crippen molar-refractivity contribution in [2.24, 2.45) is 0 Å². The molecule has 1 saturated heterocycles. The Morgan fingerprint density at radius 2 is 1.61 bits per heavy atom. The van der Waals surface area contributed by atoms with Gasteiger partial charge in [-0.05, 0) is 44.5 Å². The summed E-state index contributed by atoms with van der Waals surface area (Å²) >= 11 is 0. The molecule has 1 N–H and O–H groups in total. The molecule has 2 aliphatic rings. The van der Waals surface area contributed by atoms with Gasteiger partial charge in [-0.15, -0.1) is 0 Å². The molecule has 28 heavy (non-hydrogen) atoms. The van der Waals surface area contributed by atoms with E-state index in [1.165, 1.54) is 23.6 Å². The standard InChI is InChI=1S/C21H33N3O3S/c1-17-10-11-19(28(26,27)24-14-12-23(2)13-15-24)16-20(17)21(25)22-18-8-6-4-3-5-7-9-18/h10-11,16,18H,3-9,12-15H2,1-2H3,(H,22,25). The highest BCUT2D eigenvalue weighted by atomic mass is 32.2. The van der Waals surface area contributed by atoms with Crippen LogP contribution in [0.2, 0.25) is 0 Å². The van der Waals surface area contributed by atoms with Gasteiger partial charge in [0.25, 0.3) is 5.91 Å². The third kappa shape index (κ3) is 5.13. The highest BCUT2D eigenvalue weighted by Gasteiger charge is 2.28. The van der Waals surface area contributed by atoms with Crippen molar-refractivity contribution in [3.63, 3.8) is 0 Å². The molecule has 1 aliphatic carbocycles. The molecule has 0 radical (unpaired) electrons. The van der Waals surface area contributed by atoms with E-state index < -0.39 is 10.0 Å². The fourth-order valence-electron chi connectivity index (χ4n) is 4.05. The molecule has 0 spiro atoms. The van der Waals surface area contributed by atoms with E-state index in [-0.39, 0.29) is 16.8 Å². The predicted molar refractivity (Wildman–Crippen MR) is 111 cm³/mol. The van der Waals surface area contributed by atoms with E-state index >= 15 is 0 Å². The molecule has 1 amide bonds. The number of benzene rings is 1. The molecule has 1 heterocycles. The smallest absolute Gasteiger partial charge is 0.251 e. The van der Waals surface area contributed by atoms with Crippen molar-refractivity contribution in [2.75, 3.05) is 33.2 Å². The number of rotatable bonds is 4. The molecule has 6 nitrogen and oxygen atoms in total. The largest absolute Gasteiger partial charge is 0.349 e. The summed E-state index contributed by atoms with van der Waals surface area (Å²) < 4.78 is 27.6. The molecule has 0 aromatic heterocycles. The first kappa shape index (κ1) is 21.3. The maximum atomic E-state index is 13.0. The first-order valence-electron chi connectivity index (χ1n) is 10.5. The van der Waals surface area contributed by atoms with E-state index in [2.05, 4.69) is 10.2 Å². The van der Waals surface area contributed by atoms with Crippen LogP contribution in [0, 0.1) is 6.92 Å². The maximum absolute atomic E-state index is 13.0. The SMILES string of the molecule is Cc1ccc(S(=O)(=O)N2CCN(C)CC2)cc1C(=O)NC1CCCCCCC1. The summed E-state index contributed by atoms with van der Waals surface area (Å²) in [6, 6.07) is 5.11. The lowest BCUT2D eigenvalue weighted by molar-refractivity contribution is 0.0929. The Morgan fingerprint density at radius 3 is 2.25 bits per heavy atom. The number of hydrogen-bond acceptors (Lipinski definition) is 4. The summed E-state index contributed by atoms with van der Waals surface area (Å²) in [6.45, 7) is 4.27. The normalized spacial score (nSPS) is 21.1.